The Hall–Kier alpha value is -2.74. The SMILES string of the molecule is CC.CCCCOc1nc(N)c2[nH]c(=O)n(Cc3ccc(CCl)cc3OC)c2n1. The fraction of sp³-hybridized carbons (Fsp3) is 0.450. The van der Waals surface area contributed by atoms with E-state index in [4.69, 9.17) is 26.8 Å². The number of imidazole rings is 1. The third kappa shape index (κ3) is 5.20. The molecule has 0 radical (unpaired) electrons. The Morgan fingerprint density at radius 2 is 2.03 bits per heavy atom. The lowest BCUT2D eigenvalue weighted by molar-refractivity contribution is 0.286. The Morgan fingerprint density at radius 3 is 2.69 bits per heavy atom. The number of methoxy groups -OCH3 is 1. The van der Waals surface area contributed by atoms with Gasteiger partial charge in [-0.2, -0.15) is 9.97 Å². The molecule has 3 rings (SSSR count). The van der Waals surface area contributed by atoms with Crippen molar-refractivity contribution in [2.45, 2.75) is 46.0 Å². The van der Waals surface area contributed by atoms with Gasteiger partial charge in [0.05, 0.1) is 20.3 Å². The van der Waals surface area contributed by atoms with Gasteiger partial charge in [0.15, 0.2) is 11.5 Å². The summed E-state index contributed by atoms with van der Waals surface area (Å²) in [6.45, 7) is 6.81. The predicted octanol–water partition coefficient (Wildman–Crippen LogP) is 3.70. The third-order valence-electron chi connectivity index (χ3n) is 4.19. The van der Waals surface area contributed by atoms with Gasteiger partial charge in [-0.05, 0) is 18.1 Å². The number of ether oxygens (including phenoxy) is 2. The number of benzene rings is 1. The molecule has 3 N–H and O–H groups in total. The minimum atomic E-state index is -0.333. The maximum absolute atomic E-state index is 12.5. The lowest BCUT2D eigenvalue weighted by Crippen LogP contribution is -2.18. The number of hydrogen-bond acceptors (Lipinski definition) is 6. The third-order valence-corrected chi connectivity index (χ3v) is 4.50. The van der Waals surface area contributed by atoms with E-state index in [1.54, 1.807) is 7.11 Å². The van der Waals surface area contributed by atoms with Crippen molar-refractivity contribution in [2.75, 3.05) is 19.5 Å². The van der Waals surface area contributed by atoms with Gasteiger partial charge >= 0.3 is 11.7 Å². The minimum absolute atomic E-state index is 0.158. The van der Waals surface area contributed by atoms with Crippen LogP contribution >= 0.6 is 11.6 Å². The Kier molecular flexibility index (Phi) is 8.33. The number of aromatic amines is 1. The van der Waals surface area contributed by atoms with Crippen LogP contribution < -0.4 is 20.9 Å². The lowest BCUT2D eigenvalue weighted by Gasteiger charge is -2.11. The van der Waals surface area contributed by atoms with Crippen LogP contribution in [0.25, 0.3) is 11.2 Å². The van der Waals surface area contributed by atoms with E-state index < -0.39 is 0 Å². The fourth-order valence-electron chi connectivity index (χ4n) is 2.72. The van der Waals surface area contributed by atoms with Crippen molar-refractivity contribution in [1.82, 2.24) is 19.5 Å². The molecule has 2 heterocycles. The van der Waals surface area contributed by atoms with Gasteiger partial charge in [0.2, 0.25) is 0 Å². The molecule has 0 fully saturated rings. The molecule has 9 heteroatoms. The summed E-state index contributed by atoms with van der Waals surface area (Å²) in [4.78, 5) is 23.7. The van der Waals surface area contributed by atoms with Gasteiger partial charge in [0.25, 0.3) is 0 Å². The number of aromatic nitrogens is 4. The molecule has 2 aromatic heterocycles. The van der Waals surface area contributed by atoms with Crippen LogP contribution in [0.4, 0.5) is 5.82 Å². The molecule has 158 valence electrons. The predicted molar refractivity (Wildman–Crippen MR) is 116 cm³/mol. The maximum atomic E-state index is 12.5. The lowest BCUT2D eigenvalue weighted by atomic mass is 10.1. The summed E-state index contributed by atoms with van der Waals surface area (Å²) in [5.74, 6) is 1.20. The van der Waals surface area contributed by atoms with Crippen LogP contribution in [0.2, 0.25) is 0 Å². The average molecular weight is 422 g/mol. The van der Waals surface area contributed by atoms with Gasteiger partial charge in [-0.1, -0.05) is 39.3 Å². The van der Waals surface area contributed by atoms with Crippen molar-refractivity contribution in [3.63, 3.8) is 0 Å². The zero-order chi connectivity index (χ0) is 21.4. The second kappa shape index (κ2) is 10.7. The van der Waals surface area contributed by atoms with E-state index in [9.17, 15) is 4.79 Å². The first kappa shape index (κ1) is 22.5. The minimum Gasteiger partial charge on any atom is -0.496 e. The number of nitrogens with one attached hydrogen (secondary N) is 1. The smallest absolute Gasteiger partial charge is 0.328 e. The van der Waals surface area contributed by atoms with Crippen molar-refractivity contribution in [3.8, 4) is 11.8 Å². The highest BCUT2D eigenvalue weighted by Crippen LogP contribution is 2.24. The average Bonchev–Trinajstić information content (AvgIpc) is 3.06. The van der Waals surface area contributed by atoms with Crippen molar-refractivity contribution >= 4 is 28.6 Å². The zero-order valence-corrected chi connectivity index (χ0v) is 18.0. The number of H-pyrrole nitrogens is 1. The van der Waals surface area contributed by atoms with Crippen LogP contribution in [0.3, 0.4) is 0 Å². The topological polar surface area (TPSA) is 108 Å². The van der Waals surface area contributed by atoms with Crippen LogP contribution in [-0.4, -0.2) is 33.2 Å². The highest BCUT2D eigenvalue weighted by molar-refractivity contribution is 6.17. The van der Waals surface area contributed by atoms with Crippen LogP contribution in [0.1, 0.15) is 44.7 Å². The van der Waals surface area contributed by atoms with Gasteiger partial charge in [-0.3, -0.25) is 4.57 Å². The Balaban J connectivity index is 0.00000145. The molecular weight excluding hydrogens is 394 g/mol. The number of alkyl halides is 1. The summed E-state index contributed by atoms with van der Waals surface area (Å²) in [7, 11) is 1.58. The van der Waals surface area contributed by atoms with Crippen molar-refractivity contribution in [1.29, 1.82) is 0 Å². The van der Waals surface area contributed by atoms with Crippen LogP contribution in [-0.2, 0) is 12.4 Å². The van der Waals surface area contributed by atoms with E-state index in [-0.39, 0.29) is 24.1 Å². The molecule has 0 bridgehead atoms. The Bertz CT molecular complexity index is 1000. The van der Waals surface area contributed by atoms with E-state index in [0.717, 1.165) is 24.0 Å². The number of anilines is 1. The normalized spacial score (nSPS) is 10.5. The van der Waals surface area contributed by atoms with E-state index in [0.29, 0.717) is 29.4 Å². The van der Waals surface area contributed by atoms with Crippen molar-refractivity contribution < 1.29 is 9.47 Å². The second-order valence-electron chi connectivity index (χ2n) is 6.09. The monoisotopic (exact) mass is 421 g/mol. The molecule has 0 saturated carbocycles. The number of halogens is 1. The van der Waals surface area contributed by atoms with Gasteiger partial charge in [-0.15, -0.1) is 11.6 Å². The van der Waals surface area contributed by atoms with Gasteiger partial charge in [0, 0.05) is 11.4 Å². The molecule has 0 saturated heterocycles. The summed E-state index contributed by atoms with van der Waals surface area (Å²) in [5, 5.41) is 0. The number of unbranched alkanes of at least 4 members (excludes halogenated alkanes) is 1. The van der Waals surface area contributed by atoms with E-state index in [1.807, 2.05) is 32.0 Å². The van der Waals surface area contributed by atoms with Crippen LogP contribution in [0.5, 0.6) is 11.8 Å². The van der Waals surface area contributed by atoms with Gasteiger partial charge in [0.1, 0.15) is 11.3 Å². The van der Waals surface area contributed by atoms with Crippen LogP contribution in [0, 0.1) is 0 Å². The number of nitrogens with zero attached hydrogens (tertiary/aromatic N) is 3. The Labute approximate surface area is 175 Å². The molecule has 3 aromatic rings. The first-order valence-corrected chi connectivity index (χ1v) is 10.2. The molecule has 0 unspecified atom stereocenters. The summed E-state index contributed by atoms with van der Waals surface area (Å²) < 4.78 is 12.5. The standard InChI is InChI=1S/C18H22ClN5O3.C2H6/c1-3-4-7-27-17-22-15(20)14-16(23-17)24(18(25)21-14)10-12-6-5-11(9-19)8-13(12)26-2;1-2/h5-6,8H,3-4,7,9-10H2,1-2H3,(H,21,25)(H2,20,22,23);1-2H3. The summed E-state index contributed by atoms with van der Waals surface area (Å²) >= 11 is 5.88. The first-order valence-electron chi connectivity index (χ1n) is 9.68. The maximum Gasteiger partial charge on any atom is 0.328 e. The number of hydrogen-bond donors (Lipinski definition) is 2. The van der Waals surface area contributed by atoms with E-state index in [1.165, 1.54) is 4.57 Å². The molecule has 0 amide bonds. The molecular formula is C20H28ClN5O3. The second-order valence-corrected chi connectivity index (χ2v) is 6.36. The number of rotatable bonds is 8. The highest BCUT2D eigenvalue weighted by Gasteiger charge is 2.16. The molecule has 0 aliphatic carbocycles. The molecule has 1 aromatic carbocycles. The molecule has 0 aliphatic rings. The molecule has 0 atom stereocenters. The largest absolute Gasteiger partial charge is 0.496 e. The summed E-state index contributed by atoms with van der Waals surface area (Å²) in [6.07, 6.45) is 1.87. The number of nitrogens with two attached hydrogens (primary N) is 1. The van der Waals surface area contributed by atoms with E-state index in [2.05, 4.69) is 21.9 Å². The van der Waals surface area contributed by atoms with Gasteiger partial charge in [-0.25, -0.2) is 4.79 Å². The zero-order valence-electron chi connectivity index (χ0n) is 17.3. The van der Waals surface area contributed by atoms with Crippen molar-refractivity contribution in [2.24, 2.45) is 0 Å². The summed E-state index contributed by atoms with van der Waals surface area (Å²) in [6, 6.07) is 5.79. The molecule has 8 nitrogen and oxygen atoms in total. The quantitative estimate of drug-likeness (QED) is 0.424. The van der Waals surface area contributed by atoms with E-state index >= 15 is 0 Å². The number of fused-ring (bicyclic) bond motifs is 1. The van der Waals surface area contributed by atoms with Crippen LogP contribution in [0.15, 0.2) is 23.0 Å². The Morgan fingerprint density at radius 1 is 1.28 bits per heavy atom. The molecule has 29 heavy (non-hydrogen) atoms. The molecule has 0 spiro atoms. The van der Waals surface area contributed by atoms with Gasteiger partial charge < -0.3 is 20.2 Å². The summed E-state index contributed by atoms with van der Waals surface area (Å²) in [5.41, 5.74) is 8.17. The molecule has 0 aliphatic heterocycles. The first-order chi connectivity index (χ1) is 14.1. The van der Waals surface area contributed by atoms with Crippen molar-refractivity contribution in [3.05, 3.63) is 39.8 Å². The number of nitrogen functional groups attached to an aromatic ring is 1. The highest BCUT2D eigenvalue weighted by atomic mass is 35.5. The fourth-order valence-corrected chi connectivity index (χ4v) is 2.89.